The molecule has 1 heterocycles. The summed E-state index contributed by atoms with van der Waals surface area (Å²) in [5.41, 5.74) is 1.25. The second kappa shape index (κ2) is 6.59. The summed E-state index contributed by atoms with van der Waals surface area (Å²) in [5.74, 6) is 0. The Morgan fingerprint density at radius 3 is 2.54 bits per heavy atom. The van der Waals surface area contributed by atoms with Crippen LogP contribution in [0, 0.1) is 0 Å². The van der Waals surface area contributed by atoms with Crippen molar-refractivity contribution in [3.05, 3.63) is 66.9 Å². The first-order chi connectivity index (χ1) is 11.5. The first-order valence-electron chi connectivity index (χ1n) is 7.59. The van der Waals surface area contributed by atoms with Gasteiger partial charge in [0.2, 0.25) is 0 Å². The van der Waals surface area contributed by atoms with Crippen LogP contribution in [0.2, 0.25) is 0 Å². The van der Waals surface area contributed by atoms with E-state index in [0.717, 1.165) is 10.9 Å². The summed E-state index contributed by atoms with van der Waals surface area (Å²) in [6.07, 6.45) is 0.877. The topological polar surface area (TPSA) is 70.5 Å². The summed E-state index contributed by atoms with van der Waals surface area (Å²) in [7, 11) is -3.80. The molecule has 0 unspecified atom stereocenters. The third kappa shape index (κ3) is 3.25. The highest BCUT2D eigenvalue weighted by Gasteiger charge is 2.26. The van der Waals surface area contributed by atoms with E-state index in [-0.39, 0.29) is 11.4 Å². The maximum absolute atomic E-state index is 13.1. The molecule has 0 saturated carbocycles. The zero-order chi connectivity index (χ0) is 17.2. The minimum Gasteiger partial charge on any atom is -0.392 e. The molecule has 124 valence electrons. The van der Waals surface area contributed by atoms with E-state index >= 15 is 0 Å². The van der Waals surface area contributed by atoms with E-state index in [1.165, 1.54) is 4.31 Å². The van der Waals surface area contributed by atoms with Gasteiger partial charge in [0.1, 0.15) is 0 Å². The van der Waals surface area contributed by atoms with E-state index in [9.17, 15) is 13.5 Å². The Morgan fingerprint density at radius 2 is 1.83 bits per heavy atom. The lowest BCUT2D eigenvalue weighted by atomic mass is 10.2. The van der Waals surface area contributed by atoms with Gasteiger partial charge in [-0.3, -0.25) is 9.29 Å². The maximum Gasteiger partial charge on any atom is 0.264 e. The smallest absolute Gasteiger partial charge is 0.264 e. The van der Waals surface area contributed by atoms with Crippen LogP contribution >= 0.6 is 0 Å². The van der Waals surface area contributed by atoms with Crippen molar-refractivity contribution in [1.82, 2.24) is 4.98 Å². The predicted molar refractivity (Wildman–Crippen MR) is 94.4 cm³/mol. The van der Waals surface area contributed by atoms with Crippen LogP contribution in [0.15, 0.2) is 71.8 Å². The average molecular weight is 342 g/mol. The molecule has 0 aliphatic rings. The Bertz CT molecular complexity index is 941. The maximum atomic E-state index is 13.1. The largest absolute Gasteiger partial charge is 0.392 e. The lowest BCUT2D eigenvalue weighted by Gasteiger charge is -2.25. The number of rotatable bonds is 5. The first kappa shape index (κ1) is 16.4. The van der Waals surface area contributed by atoms with Gasteiger partial charge >= 0.3 is 0 Å². The number of para-hydroxylation sites is 1. The summed E-state index contributed by atoms with van der Waals surface area (Å²) >= 11 is 0. The molecule has 6 heteroatoms. The summed E-state index contributed by atoms with van der Waals surface area (Å²) in [4.78, 5) is 4.38. The van der Waals surface area contributed by atoms with Crippen molar-refractivity contribution in [3.8, 4) is 0 Å². The Balaban J connectivity index is 2.10. The minimum atomic E-state index is -3.80. The molecule has 0 radical (unpaired) electrons. The van der Waals surface area contributed by atoms with Gasteiger partial charge in [-0.2, -0.15) is 0 Å². The van der Waals surface area contributed by atoms with Crippen LogP contribution in [0.25, 0.3) is 10.9 Å². The van der Waals surface area contributed by atoms with Crippen LogP contribution in [-0.2, 0) is 10.0 Å². The van der Waals surface area contributed by atoms with Crippen LogP contribution in [0.4, 0.5) is 5.69 Å². The number of hydrogen-bond donors (Lipinski definition) is 1. The second-order valence-corrected chi connectivity index (χ2v) is 7.44. The highest BCUT2D eigenvalue weighted by molar-refractivity contribution is 7.92. The molecule has 5 nitrogen and oxygen atoms in total. The number of hydrogen-bond acceptors (Lipinski definition) is 4. The summed E-state index contributed by atoms with van der Waals surface area (Å²) < 4.78 is 27.4. The van der Waals surface area contributed by atoms with Crippen LogP contribution < -0.4 is 4.31 Å². The van der Waals surface area contributed by atoms with Gasteiger partial charge in [-0.25, -0.2) is 8.42 Å². The number of aliphatic hydroxyl groups excluding tert-OH is 1. The zero-order valence-corrected chi connectivity index (χ0v) is 14.0. The molecule has 0 spiro atoms. The SMILES string of the molecule is C[C@@H](O)CN(c1ccccc1)S(=O)(=O)c1ccc2ncccc2c1. The van der Waals surface area contributed by atoms with Gasteiger partial charge in [-0.05, 0) is 43.3 Å². The van der Waals surface area contributed by atoms with Crippen LogP contribution in [-0.4, -0.2) is 31.2 Å². The molecule has 0 saturated heterocycles. The molecule has 0 fully saturated rings. The molecule has 0 aliphatic heterocycles. The summed E-state index contributed by atoms with van der Waals surface area (Å²) in [5, 5.41) is 10.5. The molecule has 0 bridgehead atoms. The van der Waals surface area contributed by atoms with Crippen molar-refractivity contribution in [2.24, 2.45) is 0 Å². The third-order valence-electron chi connectivity index (χ3n) is 3.64. The van der Waals surface area contributed by atoms with E-state index < -0.39 is 16.1 Å². The number of fused-ring (bicyclic) bond motifs is 1. The van der Waals surface area contributed by atoms with E-state index in [1.807, 2.05) is 12.1 Å². The number of aliphatic hydroxyl groups is 1. The van der Waals surface area contributed by atoms with Gasteiger partial charge in [-0.1, -0.05) is 24.3 Å². The van der Waals surface area contributed by atoms with Crippen molar-refractivity contribution >= 4 is 26.6 Å². The van der Waals surface area contributed by atoms with Crippen molar-refractivity contribution in [2.45, 2.75) is 17.9 Å². The molecular weight excluding hydrogens is 324 g/mol. The fourth-order valence-electron chi connectivity index (χ4n) is 2.52. The summed E-state index contributed by atoms with van der Waals surface area (Å²) in [6.45, 7) is 1.55. The van der Waals surface area contributed by atoms with E-state index in [1.54, 1.807) is 61.7 Å². The van der Waals surface area contributed by atoms with Gasteiger partial charge in [0.25, 0.3) is 10.0 Å². The average Bonchev–Trinajstić information content (AvgIpc) is 2.59. The van der Waals surface area contributed by atoms with Crippen molar-refractivity contribution in [1.29, 1.82) is 0 Å². The lowest BCUT2D eigenvalue weighted by Crippen LogP contribution is -2.36. The molecular formula is C18H18N2O3S. The number of anilines is 1. The van der Waals surface area contributed by atoms with Gasteiger partial charge in [0.15, 0.2) is 0 Å². The number of nitrogens with zero attached hydrogens (tertiary/aromatic N) is 2. The lowest BCUT2D eigenvalue weighted by molar-refractivity contribution is 0.204. The molecule has 1 atom stereocenters. The van der Waals surface area contributed by atoms with Crippen LogP contribution in [0.5, 0.6) is 0 Å². The molecule has 24 heavy (non-hydrogen) atoms. The molecule has 0 aliphatic carbocycles. The van der Waals surface area contributed by atoms with Gasteiger partial charge in [0.05, 0.1) is 28.7 Å². The molecule has 1 aromatic heterocycles. The first-order valence-corrected chi connectivity index (χ1v) is 9.03. The fourth-order valence-corrected chi connectivity index (χ4v) is 4.10. The Morgan fingerprint density at radius 1 is 1.08 bits per heavy atom. The van der Waals surface area contributed by atoms with Crippen molar-refractivity contribution < 1.29 is 13.5 Å². The molecule has 1 N–H and O–H groups in total. The van der Waals surface area contributed by atoms with Crippen LogP contribution in [0.1, 0.15) is 6.92 Å². The Hall–Kier alpha value is -2.44. The van der Waals surface area contributed by atoms with Crippen LogP contribution in [0.3, 0.4) is 0 Å². The monoisotopic (exact) mass is 342 g/mol. The standard InChI is InChI=1S/C18H18N2O3S/c1-14(21)13-20(16-7-3-2-4-8-16)24(22,23)17-9-10-18-15(12-17)6-5-11-19-18/h2-12,14,21H,13H2,1H3/t14-/m1/s1. The van der Waals surface area contributed by atoms with E-state index in [0.29, 0.717) is 5.69 Å². The van der Waals surface area contributed by atoms with Gasteiger partial charge in [-0.15, -0.1) is 0 Å². The highest BCUT2D eigenvalue weighted by Crippen LogP contribution is 2.25. The normalized spacial score (nSPS) is 12.9. The summed E-state index contributed by atoms with van der Waals surface area (Å²) in [6, 6.07) is 17.2. The zero-order valence-electron chi connectivity index (χ0n) is 13.2. The molecule has 2 aromatic carbocycles. The van der Waals surface area contributed by atoms with E-state index in [4.69, 9.17) is 0 Å². The molecule has 3 aromatic rings. The number of aromatic nitrogens is 1. The van der Waals surface area contributed by atoms with Gasteiger partial charge in [0, 0.05) is 11.6 Å². The fraction of sp³-hybridized carbons (Fsp3) is 0.167. The number of benzene rings is 2. The van der Waals surface area contributed by atoms with Gasteiger partial charge < -0.3 is 5.11 Å². The second-order valence-electron chi connectivity index (χ2n) is 5.58. The molecule has 3 rings (SSSR count). The van der Waals surface area contributed by atoms with E-state index in [2.05, 4.69) is 4.98 Å². The Labute approximate surface area is 141 Å². The Kier molecular flexibility index (Phi) is 4.51. The van der Waals surface area contributed by atoms with Crippen molar-refractivity contribution in [3.63, 3.8) is 0 Å². The van der Waals surface area contributed by atoms with Crippen molar-refractivity contribution in [2.75, 3.05) is 10.8 Å². The quantitative estimate of drug-likeness (QED) is 0.774. The highest BCUT2D eigenvalue weighted by atomic mass is 32.2. The number of pyridine rings is 1. The predicted octanol–water partition coefficient (Wildman–Crippen LogP) is 2.81. The third-order valence-corrected chi connectivity index (χ3v) is 5.43. The number of sulfonamides is 1. The molecule has 0 amide bonds. The minimum absolute atomic E-state index is 0.0164.